The van der Waals surface area contributed by atoms with E-state index >= 15 is 0 Å². The van der Waals surface area contributed by atoms with Gasteiger partial charge in [-0.3, -0.25) is 0 Å². The molecule has 1 aromatic rings. The molecule has 0 saturated heterocycles. The van der Waals surface area contributed by atoms with Crippen molar-refractivity contribution in [2.75, 3.05) is 6.61 Å². The van der Waals surface area contributed by atoms with E-state index < -0.39 is 11.0 Å². The first-order valence-electron chi connectivity index (χ1n) is 7.66. The number of fused-ring (bicyclic) bond motifs is 1. The SMILES string of the molecule is CC1CC(C)(C)CC1(O)C1(C#N)COc2ccccc2C1. The number of hydrogen-bond donors (Lipinski definition) is 1. The van der Waals surface area contributed by atoms with Gasteiger partial charge < -0.3 is 9.84 Å². The summed E-state index contributed by atoms with van der Waals surface area (Å²) in [5, 5.41) is 21.3. The Kier molecular flexibility index (Phi) is 3.07. The summed E-state index contributed by atoms with van der Waals surface area (Å²) in [7, 11) is 0. The summed E-state index contributed by atoms with van der Waals surface area (Å²) in [6, 6.07) is 10.3. The van der Waals surface area contributed by atoms with E-state index in [1.807, 2.05) is 24.3 Å². The Morgan fingerprint density at radius 2 is 2.05 bits per heavy atom. The maximum absolute atomic E-state index is 11.4. The number of hydrogen-bond acceptors (Lipinski definition) is 3. The van der Waals surface area contributed by atoms with Crippen LogP contribution in [0.4, 0.5) is 0 Å². The maximum atomic E-state index is 11.4. The smallest absolute Gasteiger partial charge is 0.124 e. The third-order valence-corrected chi connectivity index (χ3v) is 5.40. The van der Waals surface area contributed by atoms with Crippen LogP contribution in [0, 0.1) is 28.1 Å². The molecule has 3 atom stereocenters. The van der Waals surface area contributed by atoms with Gasteiger partial charge >= 0.3 is 0 Å². The lowest BCUT2D eigenvalue weighted by Gasteiger charge is -2.45. The molecule has 1 aromatic carbocycles. The molecule has 1 N–H and O–H groups in total. The van der Waals surface area contributed by atoms with Crippen LogP contribution in [0.5, 0.6) is 5.75 Å². The third-order valence-electron chi connectivity index (χ3n) is 5.40. The summed E-state index contributed by atoms with van der Waals surface area (Å²) in [6.45, 7) is 6.68. The Morgan fingerprint density at radius 3 is 2.67 bits per heavy atom. The van der Waals surface area contributed by atoms with Gasteiger partial charge in [0.25, 0.3) is 0 Å². The van der Waals surface area contributed by atoms with Crippen molar-refractivity contribution in [1.29, 1.82) is 5.26 Å². The van der Waals surface area contributed by atoms with Crippen LogP contribution in [-0.2, 0) is 6.42 Å². The molecule has 1 fully saturated rings. The van der Waals surface area contributed by atoms with Crippen molar-refractivity contribution in [2.45, 2.75) is 45.6 Å². The molecule has 3 unspecified atom stereocenters. The fourth-order valence-electron chi connectivity index (χ4n) is 4.43. The minimum absolute atomic E-state index is 0.0645. The molecule has 0 spiro atoms. The molecule has 2 aliphatic rings. The Hall–Kier alpha value is -1.53. The number of rotatable bonds is 1. The number of para-hydroxylation sites is 1. The highest BCUT2D eigenvalue weighted by Crippen LogP contribution is 2.57. The first-order chi connectivity index (χ1) is 9.82. The quantitative estimate of drug-likeness (QED) is 0.861. The average molecular weight is 285 g/mol. The summed E-state index contributed by atoms with van der Waals surface area (Å²) in [5.74, 6) is 0.942. The van der Waals surface area contributed by atoms with E-state index in [-0.39, 0.29) is 17.9 Å². The number of benzene rings is 1. The third kappa shape index (κ3) is 2.05. The van der Waals surface area contributed by atoms with Crippen LogP contribution in [0.3, 0.4) is 0 Å². The molecule has 0 aromatic heterocycles. The van der Waals surface area contributed by atoms with Gasteiger partial charge in [0.1, 0.15) is 17.8 Å². The second-order valence-corrected chi connectivity index (χ2v) is 7.64. The highest BCUT2D eigenvalue weighted by molar-refractivity contribution is 5.39. The highest BCUT2D eigenvalue weighted by Gasteiger charge is 2.61. The van der Waals surface area contributed by atoms with Crippen LogP contribution in [0.1, 0.15) is 39.2 Å². The standard InChI is InChI=1S/C18H23NO2/c1-13-8-16(2,3)10-18(13,20)17(11-19)9-14-6-4-5-7-15(14)21-12-17/h4-7,13,20H,8-10,12H2,1-3H3. The van der Waals surface area contributed by atoms with Gasteiger partial charge in [-0.25, -0.2) is 0 Å². The van der Waals surface area contributed by atoms with E-state index in [1.54, 1.807) is 0 Å². The van der Waals surface area contributed by atoms with Crippen LogP contribution in [0.15, 0.2) is 24.3 Å². The van der Waals surface area contributed by atoms with Crippen LogP contribution in [0.2, 0.25) is 0 Å². The first kappa shape index (κ1) is 14.4. The fourth-order valence-corrected chi connectivity index (χ4v) is 4.43. The molecule has 21 heavy (non-hydrogen) atoms. The molecule has 3 rings (SSSR count). The molecule has 1 saturated carbocycles. The highest BCUT2D eigenvalue weighted by atomic mass is 16.5. The molecule has 1 aliphatic carbocycles. The average Bonchev–Trinajstić information content (AvgIpc) is 2.67. The molecule has 112 valence electrons. The number of nitriles is 1. The Bertz CT molecular complexity index is 603. The number of ether oxygens (including phenoxy) is 1. The van der Waals surface area contributed by atoms with Crippen LogP contribution in [0.25, 0.3) is 0 Å². The lowest BCUT2D eigenvalue weighted by molar-refractivity contribution is -0.106. The van der Waals surface area contributed by atoms with Crippen molar-refractivity contribution in [1.82, 2.24) is 0 Å². The fraction of sp³-hybridized carbons (Fsp3) is 0.611. The van der Waals surface area contributed by atoms with E-state index in [0.717, 1.165) is 17.7 Å². The molecule has 0 radical (unpaired) electrons. The summed E-state index contributed by atoms with van der Waals surface area (Å²) in [4.78, 5) is 0. The van der Waals surface area contributed by atoms with Gasteiger partial charge in [0.2, 0.25) is 0 Å². The molecular weight excluding hydrogens is 262 g/mol. The van der Waals surface area contributed by atoms with E-state index in [2.05, 4.69) is 26.8 Å². The molecule has 1 heterocycles. The maximum Gasteiger partial charge on any atom is 0.124 e. The van der Waals surface area contributed by atoms with Crippen molar-refractivity contribution < 1.29 is 9.84 Å². The van der Waals surface area contributed by atoms with Gasteiger partial charge in [0.05, 0.1) is 11.7 Å². The van der Waals surface area contributed by atoms with E-state index in [4.69, 9.17) is 4.74 Å². The summed E-state index contributed by atoms with van der Waals surface area (Å²) in [6.07, 6.45) is 2.16. The lowest BCUT2D eigenvalue weighted by atomic mass is 9.64. The molecule has 0 bridgehead atoms. The monoisotopic (exact) mass is 285 g/mol. The van der Waals surface area contributed by atoms with Gasteiger partial charge in [-0.1, -0.05) is 39.0 Å². The Labute approximate surface area is 126 Å². The van der Waals surface area contributed by atoms with Crippen LogP contribution < -0.4 is 4.74 Å². The predicted molar refractivity (Wildman–Crippen MR) is 80.8 cm³/mol. The van der Waals surface area contributed by atoms with E-state index in [9.17, 15) is 10.4 Å². The van der Waals surface area contributed by atoms with Crippen molar-refractivity contribution in [3.8, 4) is 11.8 Å². The van der Waals surface area contributed by atoms with Crippen molar-refractivity contribution in [3.05, 3.63) is 29.8 Å². The molecule has 3 nitrogen and oxygen atoms in total. The van der Waals surface area contributed by atoms with E-state index in [1.165, 1.54) is 0 Å². The number of nitrogens with zero attached hydrogens (tertiary/aromatic N) is 1. The van der Waals surface area contributed by atoms with Crippen LogP contribution in [-0.4, -0.2) is 17.3 Å². The largest absolute Gasteiger partial charge is 0.492 e. The van der Waals surface area contributed by atoms with Gasteiger partial charge in [-0.15, -0.1) is 0 Å². The topological polar surface area (TPSA) is 53.2 Å². The van der Waals surface area contributed by atoms with Gasteiger partial charge in [-0.2, -0.15) is 5.26 Å². The summed E-state index contributed by atoms with van der Waals surface area (Å²) < 4.78 is 5.84. The zero-order valence-electron chi connectivity index (χ0n) is 13.0. The summed E-state index contributed by atoms with van der Waals surface area (Å²) in [5.41, 5.74) is -0.752. The summed E-state index contributed by atoms with van der Waals surface area (Å²) >= 11 is 0. The molecule has 0 amide bonds. The zero-order valence-corrected chi connectivity index (χ0v) is 13.0. The molecule has 3 heteroatoms. The minimum Gasteiger partial charge on any atom is -0.492 e. The Morgan fingerprint density at radius 1 is 1.33 bits per heavy atom. The first-order valence-corrected chi connectivity index (χ1v) is 7.66. The second-order valence-electron chi connectivity index (χ2n) is 7.64. The normalized spacial score (nSPS) is 37.4. The van der Waals surface area contributed by atoms with Gasteiger partial charge in [-0.05, 0) is 35.8 Å². The molecule has 1 aliphatic heterocycles. The predicted octanol–water partition coefficient (Wildman–Crippen LogP) is 3.32. The second kappa shape index (κ2) is 4.48. The van der Waals surface area contributed by atoms with Gasteiger partial charge in [0.15, 0.2) is 0 Å². The lowest BCUT2D eigenvalue weighted by Crippen LogP contribution is -2.55. The van der Waals surface area contributed by atoms with E-state index in [0.29, 0.717) is 12.8 Å². The Balaban J connectivity index is 2.02. The van der Waals surface area contributed by atoms with Crippen molar-refractivity contribution in [2.24, 2.45) is 16.7 Å². The molecular formula is C18H23NO2. The number of aliphatic hydroxyl groups is 1. The van der Waals surface area contributed by atoms with Gasteiger partial charge in [0, 0.05) is 6.42 Å². The van der Waals surface area contributed by atoms with Crippen molar-refractivity contribution in [3.63, 3.8) is 0 Å². The van der Waals surface area contributed by atoms with Crippen LogP contribution >= 0.6 is 0 Å². The zero-order chi connectivity index (χ0) is 15.3. The van der Waals surface area contributed by atoms with Crippen molar-refractivity contribution >= 4 is 0 Å². The minimum atomic E-state index is -0.987.